The quantitative estimate of drug-likeness (QED) is 0.703. The lowest BCUT2D eigenvalue weighted by molar-refractivity contribution is -0.301. The van der Waals surface area contributed by atoms with Crippen molar-refractivity contribution in [3.8, 4) is 0 Å². The van der Waals surface area contributed by atoms with Crippen LogP contribution in [0.1, 0.15) is 0 Å². The summed E-state index contributed by atoms with van der Waals surface area (Å²) in [6.07, 6.45) is 10.4. The third kappa shape index (κ3) is 1.38. The molecule has 0 amide bonds. The van der Waals surface area contributed by atoms with E-state index >= 15 is 0 Å². The summed E-state index contributed by atoms with van der Waals surface area (Å²) in [6.45, 7) is 0. The highest BCUT2D eigenvalue weighted by atomic mass is 16.8. The summed E-state index contributed by atoms with van der Waals surface area (Å²) >= 11 is 0. The van der Waals surface area contributed by atoms with Crippen molar-refractivity contribution in [2.45, 2.75) is 23.8 Å². The molecule has 5 heteroatoms. The van der Waals surface area contributed by atoms with Gasteiger partial charge in [-0.25, -0.2) is 0 Å². The van der Waals surface area contributed by atoms with Crippen LogP contribution in [-0.4, -0.2) is 43.8 Å². The predicted octanol–water partition coefficient (Wildman–Crippen LogP) is 0.967. The Hall–Kier alpha value is -1.27. The summed E-state index contributed by atoms with van der Waals surface area (Å²) in [7, 11) is 3.12. The molecule has 4 bridgehead atoms. The van der Waals surface area contributed by atoms with E-state index in [4.69, 9.17) is 18.9 Å². The first-order chi connectivity index (χ1) is 9.63. The van der Waals surface area contributed by atoms with Crippen molar-refractivity contribution in [2.24, 2.45) is 11.8 Å². The number of ketones is 1. The SMILES string of the molecule is CO[C@]12C=C[C@](OC)(O1)[C@@H]1C3C=CC(O3)[C@@H]1C(=O)/C=C\2. The Labute approximate surface area is 116 Å². The molecule has 4 aliphatic heterocycles. The molecule has 1 fully saturated rings. The Balaban J connectivity index is 1.86. The van der Waals surface area contributed by atoms with Crippen LogP contribution in [0.3, 0.4) is 0 Å². The highest BCUT2D eigenvalue weighted by molar-refractivity contribution is 5.93. The Morgan fingerprint density at radius 3 is 2.65 bits per heavy atom. The Bertz CT molecular complexity index is 550. The minimum Gasteiger partial charge on any atom is -0.366 e. The third-order valence-electron chi connectivity index (χ3n) is 4.68. The molecule has 4 rings (SSSR count). The number of allylic oxidation sites excluding steroid dienone is 1. The number of carbonyl (C=O) groups is 1. The van der Waals surface area contributed by atoms with Crippen molar-refractivity contribution in [1.29, 1.82) is 0 Å². The average molecular weight is 276 g/mol. The maximum atomic E-state index is 12.5. The van der Waals surface area contributed by atoms with E-state index in [1.165, 1.54) is 6.08 Å². The number of carbonyl (C=O) groups excluding carboxylic acids is 1. The van der Waals surface area contributed by atoms with Gasteiger partial charge in [-0.05, 0) is 24.3 Å². The lowest BCUT2D eigenvalue weighted by Gasteiger charge is -2.41. The molecule has 2 unspecified atom stereocenters. The number of hydrogen-bond donors (Lipinski definition) is 0. The van der Waals surface area contributed by atoms with Crippen molar-refractivity contribution >= 4 is 5.78 Å². The number of fused-ring (bicyclic) bond motifs is 8. The second kappa shape index (κ2) is 3.89. The Kier molecular flexibility index (Phi) is 2.42. The molecule has 5 nitrogen and oxygen atoms in total. The lowest BCUT2D eigenvalue weighted by atomic mass is 9.75. The summed E-state index contributed by atoms with van der Waals surface area (Å²) in [5.41, 5.74) is 0. The van der Waals surface area contributed by atoms with Gasteiger partial charge in [-0.15, -0.1) is 0 Å². The van der Waals surface area contributed by atoms with Crippen molar-refractivity contribution < 1.29 is 23.7 Å². The van der Waals surface area contributed by atoms with E-state index in [1.807, 2.05) is 18.2 Å². The molecule has 0 aromatic rings. The largest absolute Gasteiger partial charge is 0.366 e. The predicted molar refractivity (Wildman–Crippen MR) is 68.6 cm³/mol. The summed E-state index contributed by atoms with van der Waals surface area (Å²) in [6, 6.07) is 0. The number of rotatable bonds is 2. The summed E-state index contributed by atoms with van der Waals surface area (Å²) in [5.74, 6) is -2.48. The second-order valence-electron chi connectivity index (χ2n) is 5.52. The van der Waals surface area contributed by atoms with E-state index in [9.17, 15) is 4.79 Å². The van der Waals surface area contributed by atoms with Gasteiger partial charge in [0.05, 0.1) is 24.0 Å². The Morgan fingerprint density at radius 2 is 1.90 bits per heavy atom. The number of ether oxygens (including phenoxy) is 4. The lowest BCUT2D eigenvalue weighted by Crippen LogP contribution is -2.52. The van der Waals surface area contributed by atoms with Crippen molar-refractivity contribution in [2.75, 3.05) is 14.2 Å². The standard InChI is InChI=1S/C15H16O5/c1-17-14-6-5-9(16)12-10-3-4-11(19-10)13(12)15(18-2,20-14)8-7-14/h3-8,10-13H,1-2H3/b6-5-/t10?,11?,12-,13+,14-,15-/m0/s1. The molecule has 4 heterocycles. The van der Waals surface area contributed by atoms with Gasteiger partial charge in [-0.2, -0.15) is 0 Å². The molecular formula is C15H16O5. The van der Waals surface area contributed by atoms with Crippen LogP contribution in [0.2, 0.25) is 0 Å². The fraction of sp³-hybridized carbons (Fsp3) is 0.533. The smallest absolute Gasteiger partial charge is 0.211 e. The van der Waals surface area contributed by atoms with Crippen LogP contribution in [0.4, 0.5) is 0 Å². The minimum absolute atomic E-state index is 0.0294. The maximum absolute atomic E-state index is 12.5. The van der Waals surface area contributed by atoms with Crippen molar-refractivity contribution in [1.82, 2.24) is 0 Å². The molecule has 106 valence electrons. The number of hydrogen-bond acceptors (Lipinski definition) is 5. The van der Waals surface area contributed by atoms with Crippen LogP contribution >= 0.6 is 0 Å². The van der Waals surface area contributed by atoms with Crippen LogP contribution in [0.5, 0.6) is 0 Å². The highest BCUT2D eigenvalue weighted by Gasteiger charge is 2.62. The average Bonchev–Trinajstić information content (AvgIpc) is 3.16. The molecule has 0 spiro atoms. The van der Waals surface area contributed by atoms with Gasteiger partial charge in [0.2, 0.25) is 5.79 Å². The van der Waals surface area contributed by atoms with E-state index in [0.29, 0.717) is 0 Å². The Morgan fingerprint density at radius 1 is 1.10 bits per heavy atom. The van der Waals surface area contributed by atoms with Crippen LogP contribution in [0.15, 0.2) is 36.5 Å². The zero-order valence-electron chi connectivity index (χ0n) is 11.3. The van der Waals surface area contributed by atoms with Crippen molar-refractivity contribution in [3.05, 3.63) is 36.5 Å². The molecule has 4 aliphatic rings. The molecule has 0 N–H and O–H groups in total. The van der Waals surface area contributed by atoms with E-state index in [-0.39, 0.29) is 29.8 Å². The molecule has 1 saturated heterocycles. The van der Waals surface area contributed by atoms with Gasteiger partial charge in [-0.3, -0.25) is 4.79 Å². The van der Waals surface area contributed by atoms with E-state index in [1.54, 1.807) is 26.4 Å². The second-order valence-corrected chi connectivity index (χ2v) is 5.52. The van der Waals surface area contributed by atoms with Gasteiger partial charge in [0.15, 0.2) is 11.6 Å². The fourth-order valence-corrected chi connectivity index (χ4v) is 3.68. The zero-order chi connectivity index (χ0) is 14.0. The molecule has 0 saturated carbocycles. The van der Waals surface area contributed by atoms with Gasteiger partial charge in [-0.1, -0.05) is 12.2 Å². The van der Waals surface area contributed by atoms with Crippen LogP contribution in [0, 0.1) is 11.8 Å². The first-order valence-corrected chi connectivity index (χ1v) is 6.71. The monoisotopic (exact) mass is 276 g/mol. The third-order valence-corrected chi connectivity index (χ3v) is 4.68. The first-order valence-electron chi connectivity index (χ1n) is 6.71. The molecule has 20 heavy (non-hydrogen) atoms. The topological polar surface area (TPSA) is 54.0 Å². The highest BCUT2D eigenvalue weighted by Crippen LogP contribution is 2.52. The van der Waals surface area contributed by atoms with E-state index in [0.717, 1.165) is 0 Å². The maximum Gasteiger partial charge on any atom is 0.211 e. The number of methoxy groups -OCH3 is 2. The van der Waals surface area contributed by atoms with Gasteiger partial charge in [0.25, 0.3) is 0 Å². The molecule has 0 aliphatic carbocycles. The zero-order valence-corrected chi connectivity index (χ0v) is 11.3. The summed E-state index contributed by atoms with van der Waals surface area (Å²) in [4.78, 5) is 12.5. The summed E-state index contributed by atoms with van der Waals surface area (Å²) < 4.78 is 23.0. The van der Waals surface area contributed by atoms with Gasteiger partial charge >= 0.3 is 0 Å². The summed E-state index contributed by atoms with van der Waals surface area (Å²) in [5, 5.41) is 0. The first kappa shape index (κ1) is 12.5. The molecule has 0 aromatic heterocycles. The van der Waals surface area contributed by atoms with Crippen LogP contribution in [-0.2, 0) is 23.7 Å². The fourth-order valence-electron chi connectivity index (χ4n) is 3.68. The normalized spacial score (nSPS) is 53.0. The van der Waals surface area contributed by atoms with Crippen LogP contribution < -0.4 is 0 Å². The molecular weight excluding hydrogens is 260 g/mol. The van der Waals surface area contributed by atoms with E-state index < -0.39 is 11.6 Å². The molecule has 0 aromatic carbocycles. The van der Waals surface area contributed by atoms with Crippen molar-refractivity contribution in [3.63, 3.8) is 0 Å². The minimum atomic E-state index is -1.04. The van der Waals surface area contributed by atoms with E-state index in [2.05, 4.69) is 0 Å². The van der Waals surface area contributed by atoms with Gasteiger partial charge in [0, 0.05) is 14.2 Å². The van der Waals surface area contributed by atoms with Crippen LogP contribution in [0.25, 0.3) is 0 Å². The molecule has 6 atom stereocenters. The van der Waals surface area contributed by atoms with Gasteiger partial charge < -0.3 is 18.9 Å². The molecule has 0 radical (unpaired) electrons. The van der Waals surface area contributed by atoms with Gasteiger partial charge in [0.1, 0.15) is 0 Å².